The van der Waals surface area contributed by atoms with E-state index in [4.69, 9.17) is 14.6 Å². The SMILES string of the molecule is C=CCCOc1c(C=CC(=O)O)cccc1OCC. The fourth-order valence-electron chi connectivity index (χ4n) is 1.49. The Hall–Kier alpha value is -2.23. The lowest BCUT2D eigenvalue weighted by Gasteiger charge is -2.13. The monoisotopic (exact) mass is 262 g/mol. The summed E-state index contributed by atoms with van der Waals surface area (Å²) in [5, 5.41) is 8.68. The normalized spacial score (nSPS) is 10.4. The van der Waals surface area contributed by atoms with Gasteiger partial charge < -0.3 is 14.6 Å². The Morgan fingerprint density at radius 1 is 1.42 bits per heavy atom. The van der Waals surface area contributed by atoms with Crippen molar-refractivity contribution in [2.75, 3.05) is 13.2 Å². The van der Waals surface area contributed by atoms with Crippen molar-refractivity contribution in [3.8, 4) is 11.5 Å². The molecule has 0 saturated heterocycles. The van der Waals surface area contributed by atoms with Crippen LogP contribution in [0.2, 0.25) is 0 Å². The zero-order valence-corrected chi connectivity index (χ0v) is 11.0. The highest BCUT2D eigenvalue weighted by atomic mass is 16.5. The van der Waals surface area contributed by atoms with Crippen molar-refractivity contribution >= 4 is 12.0 Å². The minimum atomic E-state index is -1.00. The van der Waals surface area contributed by atoms with E-state index < -0.39 is 5.97 Å². The summed E-state index contributed by atoms with van der Waals surface area (Å²) >= 11 is 0. The van der Waals surface area contributed by atoms with E-state index in [9.17, 15) is 4.79 Å². The molecule has 0 aliphatic heterocycles. The number of hydrogen-bond acceptors (Lipinski definition) is 3. The minimum Gasteiger partial charge on any atom is -0.490 e. The molecule has 102 valence electrons. The third-order valence-corrected chi connectivity index (χ3v) is 2.28. The maximum Gasteiger partial charge on any atom is 0.328 e. The van der Waals surface area contributed by atoms with Crippen LogP contribution in [0.5, 0.6) is 11.5 Å². The summed E-state index contributed by atoms with van der Waals surface area (Å²) in [7, 11) is 0. The molecule has 0 atom stereocenters. The molecule has 0 saturated carbocycles. The maximum absolute atomic E-state index is 10.6. The molecule has 1 N–H and O–H groups in total. The van der Waals surface area contributed by atoms with Crippen molar-refractivity contribution in [2.45, 2.75) is 13.3 Å². The Bertz CT molecular complexity index is 463. The number of benzene rings is 1. The summed E-state index contributed by atoms with van der Waals surface area (Å²) < 4.78 is 11.1. The van der Waals surface area contributed by atoms with Crippen molar-refractivity contribution in [1.29, 1.82) is 0 Å². The number of para-hydroxylation sites is 1. The van der Waals surface area contributed by atoms with Crippen molar-refractivity contribution in [3.05, 3.63) is 42.5 Å². The van der Waals surface area contributed by atoms with Gasteiger partial charge in [-0.25, -0.2) is 4.79 Å². The lowest BCUT2D eigenvalue weighted by atomic mass is 10.1. The van der Waals surface area contributed by atoms with Gasteiger partial charge in [0.25, 0.3) is 0 Å². The van der Waals surface area contributed by atoms with Crippen LogP contribution in [0, 0.1) is 0 Å². The average Bonchev–Trinajstić information content (AvgIpc) is 2.39. The highest BCUT2D eigenvalue weighted by Gasteiger charge is 2.09. The van der Waals surface area contributed by atoms with E-state index in [1.807, 2.05) is 6.92 Å². The Labute approximate surface area is 113 Å². The highest BCUT2D eigenvalue weighted by molar-refractivity contribution is 5.86. The molecule has 4 nitrogen and oxygen atoms in total. The van der Waals surface area contributed by atoms with E-state index in [1.165, 1.54) is 6.08 Å². The standard InChI is InChI=1S/C15H18O4/c1-3-5-11-19-15-12(9-10-14(16)17)7-6-8-13(15)18-4-2/h3,6-10H,1,4-5,11H2,2H3,(H,16,17). The molecule has 1 aromatic rings. The number of aliphatic carboxylic acids is 1. The number of ether oxygens (including phenoxy) is 2. The topological polar surface area (TPSA) is 55.8 Å². The van der Waals surface area contributed by atoms with Gasteiger partial charge in [0.05, 0.1) is 13.2 Å². The molecule has 1 aromatic carbocycles. The molecule has 4 heteroatoms. The molecule has 0 spiro atoms. The fraction of sp³-hybridized carbons (Fsp3) is 0.267. The molecular formula is C15H18O4. The van der Waals surface area contributed by atoms with Crippen molar-refractivity contribution < 1.29 is 19.4 Å². The first-order valence-electron chi connectivity index (χ1n) is 6.09. The first-order chi connectivity index (χ1) is 9.19. The van der Waals surface area contributed by atoms with Crippen LogP contribution in [-0.2, 0) is 4.79 Å². The third-order valence-electron chi connectivity index (χ3n) is 2.28. The molecule has 0 heterocycles. The molecule has 0 aliphatic rings. The number of carbonyl (C=O) groups is 1. The summed E-state index contributed by atoms with van der Waals surface area (Å²) in [6.45, 7) is 6.50. The van der Waals surface area contributed by atoms with Gasteiger partial charge in [-0.3, -0.25) is 0 Å². The summed E-state index contributed by atoms with van der Waals surface area (Å²) in [6, 6.07) is 5.38. The largest absolute Gasteiger partial charge is 0.490 e. The summed E-state index contributed by atoms with van der Waals surface area (Å²) in [5.41, 5.74) is 0.678. The van der Waals surface area contributed by atoms with Gasteiger partial charge in [0, 0.05) is 11.6 Å². The maximum atomic E-state index is 10.6. The average molecular weight is 262 g/mol. The van der Waals surface area contributed by atoms with Gasteiger partial charge in [0.1, 0.15) is 0 Å². The molecule has 0 aliphatic carbocycles. The predicted octanol–water partition coefficient (Wildman–Crippen LogP) is 3.14. The fourth-order valence-corrected chi connectivity index (χ4v) is 1.49. The van der Waals surface area contributed by atoms with E-state index in [2.05, 4.69) is 6.58 Å². The Balaban J connectivity index is 3.02. The second-order valence-electron chi connectivity index (χ2n) is 3.70. The van der Waals surface area contributed by atoms with Gasteiger partial charge >= 0.3 is 5.97 Å². The zero-order chi connectivity index (χ0) is 14.1. The minimum absolute atomic E-state index is 0.474. The Morgan fingerprint density at radius 2 is 2.21 bits per heavy atom. The lowest BCUT2D eigenvalue weighted by Crippen LogP contribution is -2.02. The molecule has 0 fully saturated rings. The second kappa shape index (κ2) is 7.97. The summed E-state index contributed by atoms with van der Waals surface area (Å²) in [4.78, 5) is 10.6. The number of carboxylic acid groups (broad SMARTS) is 1. The first-order valence-corrected chi connectivity index (χ1v) is 6.09. The van der Waals surface area contributed by atoms with E-state index in [-0.39, 0.29) is 0 Å². The van der Waals surface area contributed by atoms with Crippen LogP contribution in [0.3, 0.4) is 0 Å². The second-order valence-corrected chi connectivity index (χ2v) is 3.70. The quantitative estimate of drug-likeness (QED) is 0.444. The van der Waals surface area contributed by atoms with Crippen LogP contribution in [0.15, 0.2) is 36.9 Å². The van der Waals surface area contributed by atoms with E-state index >= 15 is 0 Å². The van der Waals surface area contributed by atoms with Crippen LogP contribution in [0.4, 0.5) is 0 Å². The van der Waals surface area contributed by atoms with Gasteiger partial charge in [-0.2, -0.15) is 0 Å². The summed E-state index contributed by atoms with van der Waals surface area (Å²) in [5.74, 6) is 0.168. The molecule has 1 rings (SSSR count). The zero-order valence-electron chi connectivity index (χ0n) is 11.0. The van der Waals surface area contributed by atoms with Crippen LogP contribution >= 0.6 is 0 Å². The molecule has 0 amide bonds. The van der Waals surface area contributed by atoms with E-state index in [0.717, 1.165) is 6.08 Å². The first kappa shape index (κ1) is 14.8. The van der Waals surface area contributed by atoms with Gasteiger partial charge in [0.2, 0.25) is 0 Å². The smallest absolute Gasteiger partial charge is 0.328 e. The third kappa shape index (κ3) is 4.87. The van der Waals surface area contributed by atoms with Crippen molar-refractivity contribution in [2.24, 2.45) is 0 Å². The van der Waals surface area contributed by atoms with Gasteiger partial charge in [-0.15, -0.1) is 6.58 Å². The number of carboxylic acids is 1. The predicted molar refractivity (Wildman–Crippen MR) is 74.6 cm³/mol. The summed E-state index contributed by atoms with van der Waals surface area (Å²) in [6.07, 6.45) is 5.04. The lowest BCUT2D eigenvalue weighted by molar-refractivity contribution is -0.131. The highest BCUT2D eigenvalue weighted by Crippen LogP contribution is 2.32. The van der Waals surface area contributed by atoms with Crippen LogP contribution in [-0.4, -0.2) is 24.3 Å². The molecule has 0 radical (unpaired) electrons. The molecule has 19 heavy (non-hydrogen) atoms. The Morgan fingerprint density at radius 3 is 2.84 bits per heavy atom. The Kier molecular flexibility index (Phi) is 6.22. The van der Waals surface area contributed by atoms with Crippen LogP contribution in [0.25, 0.3) is 6.08 Å². The molecular weight excluding hydrogens is 244 g/mol. The number of rotatable bonds is 8. The van der Waals surface area contributed by atoms with E-state index in [1.54, 1.807) is 24.3 Å². The van der Waals surface area contributed by atoms with E-state index in [0.29, 0.717) is 36.7 Å². The van der Waals surface area contributed by atoms with Gasteiger partial charge in [-0.05, 0) is 25.5 Å². The van der Waals surface area contributed by atoms with Crippen molar-refractivity contribution in [3.63, 3.8) is 0 Å². The van der Waals surface area contributed by atoms with Gasteiger partial charge in [-0.1, -0.05) is 18.2 Å². The van der Waals surface area contributed by atoms with Crippen molar-refractivity contribution in [1.82, 2.24) is 0 Å². The van der Waals surface area contributed by atoms with Gasteiger partial charge in [0.15, 0.2) is 11.5 Å². The molecule has 0 aromatic heterocycles. The van der Waals surface area contributed by atoms with Crippen LogP contribution < -0.4 is 9.47 Å². The number of hydrogen-bond donors (Lipinski definition) is 1. The molecule has 0 bridgehead atoms. The van der Waals surface area contributed by atoms with Crippen LogP contribution in [0.1, 0.15) is 18.9 Å². The molecule has 0 unspecified atom stereocenters.